The number of hydrogen-bond acceptors (Lipinski definition) is 3. The van der Waals surface area contributed by atoms with Gasteiger partial charge in [0.05, 0.1) is 17.1 Å². The Morgan fingerprint density at radius 1 is 1.60 bits per heavy atom. The second-order valence-corrected chi connectivity index (χ2v) is 3.60. The average molecular weight is 224 g/mol. The van der Waals surface area contributed by atoms with Gasteiger partial charge >= 0.3 is 0 Å². The van der Waals surface area contributed by atoms with Gasteiger partial charge in [-0.1, -0.05) is 11.6 Å². The van der Waals surface area contributed by atoms with Crippen LogP contribution >= 0.6 is 11.6 Å². The molecular formula is C10H10ClN3O. The summed E-state index contributed by atoms with van der Waals surface area (Å²) >= 11 is 5.89. The number of rotatable bonds is 3. The SMILES string of the molecule is CNCc1nc(C=O)c2ccc(Cl)cn12. The summed E-state index contributed by atoms with van der Waals surface area (Å²) in [5.74, 6) is 0.775. The van der Waals surface area contributed by atoms with Gasteiger partial charge in [0, 0.05) is 6.20 Å². The Bertz CT molecular complexity index is 507. The lowest BCUT2D eigenvalue weighted by molar-refractivity contribution is 0.112. The van der Waals surface area contributed by atoms with Crippen molar-refractivity contribution in [2.24, 2.45) is 0 Å². The number of aldehydes is 1. The van der Waals surface area contributed by atoms with Gasteiger partial charge < -0.3 is 9.72 Å². The Labute approximate surface area is 91.9 Å². The van der Waals surface area contributed by atoms with E-state index in [-0.39, 0.29) is 0 Å². The highest BCUT2D eigenvalue weighted by atomic mass is 35.5. The molecular weight excluding hydrogens is 214 g/mol. The van der Waals surface area contributed by atoms with Crippen LogP contribution in [0.3, 0.4) is 0 Å². The number of carbonyl (C=O) groups excluding carboxylic acids is 1. The maximum Gasteiger partial charge on any atom is 0.170 e. The molecule has 0 aliphatic rings. The van der Waals surface area contributed by atoms with Crippen molar-refractivity contribution in [1.82, 2.24) is 14.7 Å². The third-order valence-electron chi connectivity index (χ3n) is 2.15. The lowest BCUT2D eigenvalue weighted by Gasteiger charge is -2.00. The second-order valence-electron chi connectivity index (χ2n) is 3.16. The van der Waals surface area contributed by atoms with Crippen LogP contribution in [-0.2, 0) is 6.54 Å². The van der Waals surface area contributed by atoms with E-state index in [2.05, 4.69) is 10.3 Å². The van der Waals surface area contributed by atoms with Crippen LogP contribution in [0.5, 0.6) is 0 Å². The number of aromatic nitrogens is 2. The minimum Gasteiger partial charge on any atom is -0.313 e. The number of fused-ring (bicyclic) bond motifs is 1. The molecule has 0 aromatic carbocycles. The summed E-state index contributed by atoms with van der Waals surface area (Å²) in [6, 6.07) is 3.53. The maximum atomic E-state index is 10.8. The zero-order valence-electron chi connectivity index (χ0n) is 8.20. The van der Waals surface area contributed by atoms with Gasteiger partial charge in [-0.05, 0) is 19.2 Å². The van der Waals surface area contributed by atoms with Gasteiger partial charge in [0.15, 0.2) is 6.29 Å². The highest BCUT2D eigenvalue weighted by molar-refractivity contribution is 6.30. The van der Waals surface area contributed by atoms with E-state index in [0.29, 0.717) is 17.3 Å². The highest BCUT2D eigenvalue weighted by Gasteiger charge is 2.09. The summed E-state index contributed by atoms with van der Waals surface area (Å²) in [5, 5.41) is 3.61. The number of hydrogen-bond donors (Lipinski definition) is 1. The molecule has 2 heterocycles. The molecule has 0 amide bonds. The van der Waals surface area contributed by atoms with Crippen LogP contribution in [-0.4, -0.2) is 22.7 Å². The molecule has 0 unspecified atom stereocenters. The average Bonchev–Trinajstić information content (AvgIpc) is 2.57. The minimum atomic E-state index is 0.442. The van der Waals surface area contributed by atoms with Gasteiger partial charge in [-0.3, -0.25) is 4.79 Å². The molecule has 15 heavy (non-hydrogen) atoms. The Balaban J connectivity index is 2.69. The molecule has 78 valence electrons. The van der Waals surface area contributed by atoms with Gasteiger partial charge in [-0.25, -0.2) is 4.98 Å². The Hall–Kier alpha value is -1.39. The van der Waals surface area contributed by atoms with E-state index in [1.807, 2.05) is 11.4 Å². The van der Waals surface area contributed by atoms with Gasteiger partial charge in [0.2, 0.25) is 0 Å². The predicted molar refractivity (Wildman–Crippen MR) is 58.4 cm³/mol. The molecule has 5 heteroatoms. The third-order valence-corrected chi connectivity index (χ3v) is 2.37. The van der Waals surface area contributed by atoms with E-state index in [1.54, 1.807) is 18.3 Å². The second kappa shape index (κ2) is 4.00. The molecule has 0 saturated heterocycles. The Morgan fingerprint density at radius 2 is 2.40 bits per heavy atom. The van der Waals surface area contributed by atoms with Crippen molar-refractivity contribution >= 4 is 23.4 Å². The Kier molecular flexibility index (Phi) is 2.70. The first-order valence-corrected chi connectivity index (χ1v) is 4.90. The number of nitrogens with one attached hydrogen (secondary N) is 1. The van der Waals surface area contributed by atoms with Gasteiger partial charge in [0.25, 0.3) is 0 Å². The quantitative estimate of drug-likeness (QED) is 0.803. The van der Waals surface area contributed by atoms with Crippen LogP contribution in [0.15, 0.2) is 18.3 Å². The topological polar surface area (TPSA) is 46.4 Å². The molecule has 1 N–H and O–H groups in total. The lowest BCUT2D eigenvalue weighted by atomic mass is 10.3. The van der Waals surface area contributed by atoms with Crippen LogP contribution in [0.4, 0.5) is 0 Å². The summed E-state index contributed by atoms with van der Waals surface area (Å²) in [5.41, 5.74) is 1.22. The molecule has 0 atom stereocenters. The summed E-state index contributed by atoms with van der Waals surface area (Å²) in [4.78, 5) is 15.0. The summed E-state index contributed by atoms with van der Waals surface area (Å²) in [7, 11) is 1.83. The van der Waals surface area contributed by atoms with E-state index in [0.717, 1.165) is 17.6 Å². The largest absolute Gasteiger partial charge is 0.313 e. The van der Waals surface area contributed by atoms with Crippen molar-refractivity contribution in [2.45, 2.75) is 6.54 Å². The first-order chi connectivity index (χ1) is 7.26. The minimum absolute atomic E-state index is 0.442. The van der Waals surface area contributed by atoms with E-state index >= 15 is 0 Å². The number of carbonyl (C=O) groups is 1. The fourth-order valence-electron chi connectivity index (χ4n) is 1.52. The smallest absolute Gasteiger partial charge is 0.170 e. The first-order valence-electron chi connectivity index (χ1n) is 4.52. The van der Waals surface area contributed by atoms with Crippen LogP contribution < -0.4 is 5.32 Å². The molecule has 4 nitrogen and oxygen atoms in total. The number of nitrogens with zero attached hydrogens (tertiary/aromatic N) is 2. The molecule has 2 aromatic heterocycles. The van der Waals surface area contributed by atoms with Gasteiger partial charge in [-0.15, -0.1) is 0 Å². The van der Waals surface area contributed by atoms with Crippen molar-refractivity contribution in [3.63, 3.8) is 0 Å². The highest BCUT2D eigenvalue weighted by Crippen LogP contribution is 2.16. The standard InChI is InChI=1S/C10H10ClN3O/c1-12-4-10-13-8(6-15)9-3-2-7(11)5-14(9)10/h2-3,5-6,12H,4H2,1H3. The van der Waals surface area contributed by atoms with Crippen molar-refractivity contribution in [3.05, 3.63) is 34.9 Å². The molecule has 2 rings (SSSR count). The molecule has 0 radical (unpaired) electrons. The van der Waals surface area contributed by atoms with E-state index in [1.165, 1.54) is 0 Å². The molecule has 2 aromatic rings. The van der Waals surface area contributed by atoms with E-state index in [9.17, 15) is 4.79 Å². The zero-order valence-corrected chi connectivity index (χ0v) is 8.95. The van der Waals surface area contributed by atoms with Gasteiger partial charge in [0.1, 0.15) is 11.5 Å². The number of imidazole rings is 1. The van der Waals surface area contributed by atoms with E-state index in [4.69, 9.17) is 11.6 Å². The molecule has 0 saturated carbocycles. The van der Waals surface area contributed by atoms with Gasteiger partial charge in [-0.2, -0.15) is 0 Å². The molecule has 0 fully saturated rings. The fourth-order valence-corrected chi connectivity index (χ4v) is 1.68. The fraction of sp³-hybridized carbons (Fsp3) is 0.200. The van der Waals surface area contributed by atoms with Crippen molar-refractivity contribution in [2.75, 3.05) is 7.05 Å². The first kappa shape index (κ1) is 10.1. The lowest BCUT2D eigenvalue weighted by Crippen LogP contribution is -2.08. The molecule has 0 spiro atoms. The van der Waals surface area contributed by atoms with Crippen LogP contribution in [0.25, 0.3) is 5.52 Å². The van der Waals surface area contributed by atoms with Crippen LogP contribution in [0.2, 0.25) is 5.02 Å². The summed E-state index contributed by atoms with van der Waals surface area (Å²) in [6.07, 6.45) is 2.51. The zero-order chi connectivity index (χ0) is 10.8. The summed E-state index contributed by atoms with van der Waals surface area (Å²) in [6.45, 7) is 0.593. The third kappa shape index (κ3) is 1.73. The molecule has 0 bridgehead atoms. The number of pyridine rings is 1. The van der Waals surface area contributed by atoms with Crippen molar-refractivity contribution < 1.29 is 4.79 Å². The van der Waals surface area contributed by atoms with Crippen LogP contribution in [0.1, 0.15) is 16.3 Å². The van der Waals surface area contributed by atoms with Crippen molar-refractivity contribution in [1.29, 1.82) is 0 Å². The van der Waals surface area contributed by atoms with Crippen LogP contribution in [0, 0.1) is 0 Å². The predicted octanol–water partition coefficient (Wildman–Crippen LogP) is 1.52. The Morgan fingerprint density at radius 3 is 3.07 bits per heavy atom. The maximum absolute atomic E-state index is 10.8. The molecule has 0 aliphatic carbocycles. The monoisotopic (exact) mass is 223 g/mol. The van der Waals surface area contributed by atoms with Crippen molar-refractivity contribution in [3.8, 4) is 0 Å². The molecule has 0 aliphatic heterocycles. The summed E-state index contributed by atoms with van der Waals surface area (Å²) < 4.78 is 1.82. The van der Waals surface area contributed by atoms with E-state index < -0.39 is 0 Å². The normalized spacial score (nSPS) is 10.8. The number of halogens is 1.